The molecule has 23 heavy (non-hydrogen) atoms. The smallest absolute Gasteiger partial charge is 0.255 e. The number of amides is 1. The molecule has 126 valence electrons. The van der Waals surface area contributed by atoms with E-state index < -0.39 is 5.82 Å². The van der Waals surface area contributed by atoms with Gasteiger partial charge in [-0.05, 0) is 43.4 Å². The van der Waals surface area contributed by atoms with Gasteiger partial charge in [0.1, 0.15) is 5.82 Å². The first-order valence-corrected chi connectivity index (χ1v) is 8.55. The predicted molar refractivity (Wildman–Crippen MR) is 87.1 cm³/mol. The van der Waals surface area contributed by atoms with Crippen molar-refractivity contribution >= 4 is 17.5 Å². The molecule has 2 aliphatic rings. The average molecular weight is 341 g/mol. The van der Waals surface area contributed by atoms with Crippen LogP contribution < -0.4 is 0 Å². The van der Waals surface area contributed by atoms with Crippen LogP contribution in [0.4, 0.5) is 4.39 Å². The van der Waals surface area contributed by atoms with Gasteiger partial charge in [-0.1, -0.05) is 11.6 Å². The van der Waals surface area contributed by atoms with Gasteiger partial charge in [0.25, 0.3) is 5.91 Å². The molecule has 2 heterocycles. The van der Waals surface area contributed by atoms with E-state index in [1.165, 1.54) is 18.2 Å². The van der Waals surface area contributed by atoms with Gasteiger partial charge in [0.05, 0.1) is 16.7 Å². The van der Waals surface area contributed by atoms with Crippen molar-refractivity contribution in [3.63, 3.8) is 0 Å². The molecule has 4 nitrogen and oxygen atoms in total. The quantitative estimate of drug-likeness (QED) is 0.919. The molecule has 3 rings (SSSR count). The normalized spacial score (nSPS) is 25.8. The van der Waals surface area contributed by atoms with E-state index in [0.29, 0.717) is 24.6 Å². The number of piperidine rings is 1. The molecule has 1 amide bonds. The lowest BCUT2D eigenvalue weighted by Gasteiger charge is -2.35. The Balaban J connectivity index is 1.62. The topological polar surface area (TPSA) is 43.8 Å². The minimum Gasteiger partial charge on any atom is -0.392 e. The second kappa shape index (κ2) is 7.16. The second-order valence-corrected chi connectivity index (χ2v) is 6.99. The van der Waals surface area contributed by atoms with E-state index in [2.05, 4.69) is 4.90 Å². The fraction of sp³-hybridized carbons (Fsp3) is 0.588. The van der Waals surface area contributed by atoms with E-state index in [-0.39, 0.29) is 17.0 Å². The van der Waals surface area contributed by atoms with E-state index in [9.17, 15) is 14.3 Å². The van der Waals surface area contributed by atoms with Gasteiger partial charge in [0.2, 0.25) is 0 Å². The van der Waals surface area contributed by atoms with Crippen LogP contribution in [-0.4, -0.2) is 59.6 Å². The van der Waals surface area contributed by atoms with Gasteiger partial charge in [-0.25, -0.2) is 4.39 Å². The highest BCUT2D eigenvalue weighted by Gasteiger charge is 2.29. The van der Waals surface area contributed by atoms with Gasteiger partial charge in [0, 0.05) is 32.7 Å². The number of hydrogen-bond acceptors (Lipinski definition) is 3. The molecule has 2 fully saturated rings. The largest absolute Gasteiger partial charge is 0.392 e. The van der Waals surface area contributed by atoms with Crippen LogP contribution in [0, 0.1) is 11.7 Å². The highest BCUT2D eigenvalue weighted by molar-refractivity contribution is 6.33. The van der Waals surface area contributed by atoms with Crippen LogP contribution in [0.5, 0.6) is 0 Å². The molecule has 2 atom stereocenters. The number of β-amino-alcohol motifs (C(OH)–C–C–N with tert-alkyl or cyclic N) is 1. The summed E-state index contributed by atoms with van der Waals surface area (Å²) in [6, 6.07) is 3.91. The molecular formula is C17H22ClFN2O2. The summed E-state index contributed by atoms with van der Waals surface area (Å²) < 4.78 is 13.1. The maximum absolute atomic E-state index is 13.1. The van der Waals surface area contributed by atoms with E-state index in [4.69, 9.17) is 11.6 Å². The lowest BCUT2D eigenvalue weighted by molar-refractivity contribution is 0.0642. The van der Waals surface area contributed by atoms with Crippen molar-refractivity contribution in [3.05, 3.63) is 34.6 Å². The number of hydrogen-bond donors (Lipinski definition) is 1. The van der Waals surface area contributed by atoms with Gasteiger partial charge in [-0.3, -0.25) is 4.79 Å². The fourth-order valence-electron chi connectivity index (χ4n) is 3.57. The Kier molecular flexibility index (Phi) is 5.19. The lowest BCUT2D eigenvalue weighted by Crippen LogP contribution is -2.43. The van der Waals surface area contributed by atoms with Crippen molar-refractivity contribution < 1.29 is 14.3 Å². The van der Waals surface area contributed by atoms with Crippen LogP contribution in [0.25, 0.3) is 0 Å². The van der Waals surface area contributed by atoms with Crippen LogP contribution >= 0.6 is 11.6 Å². The minimum atomic E-state index is -0.435. The number of aliphatic hydroxyl groups excluding tert-OH is 1. The molecule has 1 aromatic carbocycles. The molecule has 0 aliphatic carbocycles. The molecule has 0 unspecified atom stereocenters. The summed E-state index contributed by atoms with van der Waals surface area (Å²) in [6.07, 6.45) is 2.68. The van der Waals surface area contributed by atoms with Gasteiger partial charge in [0.15, 0.2) is 0 Å². The molecular weight excluding hydrogens is 319 g/mol. The van der Waals surface area contributed by atoms with Crippen LogP contribution in [0.3, 0.4) is 0 Å². The van der Waals surface area contributed by atoms with E-state index in [0.717, 1.165) is 38.9 Å². The first-order chi connectivity index (χ1) is 11.0. The van der Waals surface area contributed by atoms with Gasteiger partial charge >= 0.3 is 0 Å². The van der Waals surface area contributed by atoms with Crippen LogP contribution in [0.15, 0.2) is 18.2 Å². The number of nitrogens with zero attached hydrogens (tertiary/aromatic N) is 2. The zero-order valence-electron chi connectivity index (χ0n) is 13.0. The maximum Gasteiger partial charge on any atom is 0.255 e. The number of halogens is 2. The average Bonchev–Trinajstić information content (AvgIpc) is 2.92. The minimum absolute atomic E-state index is 0.124. The molecule has 0 aromatic heterocycles. The van der Waals surface area contributed by atoms with Crippen molar-refractivity contribution in [2.75, 3.05) is 32.7 Å². The number of carbonyl (C=O) groups is 1. The summed E-state index contributed by atoms with van der Waals surface area (Å²) in [5.74, 6) is -0.144. The molecule has 0 bridgehead atoms. The molecule has 0 radical (unpaired) electrons. The Morgan fingerprint density at radius 2 is 2.13 bits per heavy atom. The van der Waals surface area contributed by atoms with E-state index in [1.807, 2.05) is 4.90 Å². The highest BCUT2D eigenvalue weighted by atomic mass is 35.5. The highest BCUT2D eigenvalue weighted by Crippen LogP contribution is 2.24. The van der Waals surface area contributed by atoms with E-state index >= 15 is 0 Å². The molecule has 6 heteroatoms. The van der Waals surface area contributed by atoms with Crippen LogP contribution in [0.1, 0.15) is 29.6 Å². The molecule has 0 spiro atoms. The zero-order chi connectivity index (χ0) is 16.4. The summed E-state index contributed by atoms with van der Waals surface area (Å²) in [6.45, 7) is 3.98. The molecule has 2 saturated heterocycles. The summed E-state index contributed by atoms with van der Waals surface area (Å²) in [5, 5.41) is 9.79. The third-order valence-electron chi connectivity index (χ3n) is 4.73. The third kappa shape index (κ3) is 4.03. The number of benzene rings is 1. The number of likely N-dealkylation sites (tertiary alicyclic amines) is 2. The number of carbonyl (C=O) groups excluding carboxylic acids is 1. The Morgan fingerprint density at radius 1 is 1.30 bits per heavy atom. The van der Waals surface area contributed by atoms with Crippen LogP contribution in [-0.2, 0) is 0 Å². The molecule has 1 aromatic rings. The van der Waals surface area contributed by atoms with Crippen molar-refractivity contribution in [2.24, 2.45) is 5.92 Å². The molecule has 0 saturated carbocycles. The monoisotopic (exact) mass is 340 g/mol. The Labute approximate surface area is 140 Å². The van der Waals surface area contributed by atoms with Crippen molar-refractivity contribution in [1.82, 2.24) is 9.80 Å². The van der Waals surface area contributed by atoms with E-state index in [1.54, 1.807) is 0 Å². The number of rotatable bonds is 3. The Bertz CT molecular complexity index is 584. The Morgan fingerprint density at radius 3 is 2.83 bits per heavy atom. The van der Waals surface area contributed by atoms with Crippen molar-refractivity contribution in [3.8, 4) is 0 Å². The predicted octanol–water partition coefficient (Wildman–Crippen LogP) is 2.40. The van der Waals surface area contributed by atoms with Crippen LogP contribution in [0.2, 0.25) is 5.02 Å². The fourth-order valence-corrected chi connectivity index (χ4v) is 3.82. The maximum atomic E-state index is 13.1. The zero-order valence-corrected chi connectivity index (χ0v) is 13.8. The third-order valence-corrected chi connectivity index (χ3v) is 5.04. The Hall–Kier alpha value is -1.17. The van der Waals surface area contributed by atoms with Crippen molar-refractivity contribution in [1.29, 1.82) is 0 Å². The summed E-state index contributed by atoms with van der Waals surface area (Å²) >= 11 is 6.01. The molecule has 2 aliphatic heterocycles. The standard InChI is InChI=1S/C17H22ClFN2O2/c18-16-8-13(19)3-4-15(16)17(23)21-6-1-2-12(10-21)9-20-7-5-14(22)11-20/h3-4,8,12,14,22H,1-2,5-7,9-11H2/t12-,14+/m0/s1. The second-order valence-electron chi connectivity index (χ2n) is 6.59. The lowest BCUT2D eigenvalue weighted by atomic mass is 9.96. The van der Waals surface area contributed by atoms with Gasteiger partial charge in [-0.15, -0.1) is 0 Å². The number of aliphatic hydroxyl groups is 1. The molecule has 1 N–H and O–H groups in total. The van der Waals surface area contributed by atoms with Crippen molar-refractivity contribution in [2.45, 2.75) is 25.4 Å². The SMILES string of the molecule is O=C(c1ccc(F)cc1Cl)N1CCC[C@@H](CN2CC[C@@H](O)C2)C1. The first kappa shape index (κ1) is 16.7. The summed E-state index contributed by atoms with van der Waals surface area (Å²) in [7, 11) is 0. The summed E-state index contributed by atoms with van der Waals surface area (Å²) in [5.41, 5.74) is 0.366. The van der Waals surface area contributed by atoms with Gasteiger partial charge in [-0.2, -0.15) is 0 Å². The van der Waals surface area contributed by atoms with Gasteiger partial charge < -0.3 is 14.9 Å². The summed E-state index contributed by atoms with van der Waals surface area (Å²) in [4.78, 5) is 16.7. The first-order valence-electron chi connectivity index (χ1n) is 8.17.